The lowest BCUT2D eigenvalue weighted by Crippen LogP contribution is -1.98. The molecule has 12 nitrogen and oxygen atoms in total. The molecule has 186 valence electrons. The van der Waals surface area contributed by atoms with Crippen LogP contribution in [0, 0.1) is 30.3 Å². The van der Waals surface area contributed by atoms with E-state index in [9.17, 15) is 44.7 Å². The molecule has 0 amide bonds. The van der Waals surface area contributed by atoms with Crippen LogP contribution in [0.2, 0.25) is 0 Å². The summed E-state index contributed by atoms with van der Waals surface area (Å²) in [6.45, 7) is 4.10. The second-order valence-corrected chi connectivity index (χ2v) is 7.05. The Hall–Kier alpha value is -5.13. The smallest absolute Gasteiger partial charge is 0.280 e. The minimum Gasteiger partial charge on any atom is -0.295 e. The maximum atomic E-state index is 10.9. The Kier molecular flexibility index (Phi) is 10.9. The number of hydrogen-bond acceptors (Lipinski definition) is 9. The number of rotatable bonds is 6. The quantitative estimate of drug-likeness (QED) is 0.246. The van der Waals surface area contributed by atoms with Crippen molar-refractivity contribution in [1.82, 2.24) is 0 Å². The van der Waals surface area contributed by atoms with Crippen LogP contribution in [0.4, 0.5) is 17.1 Å². The standard InChI is InChI=1S/3C8H7NO3/c1-6(10)7-2-4-8(5-3-7)9(11)12;1-6(10)7-3-2-4-8(5-7)9(11)12;1-6(10)7-4-2-3-5-8(7)9(11)12/h3*2-5H,1H3. The molecule has 36 heavy (non-hydrogen) atoms. The van der Waals surface area contributed by atoms with E-state index in [1.165, 1.54) is 81.4 Å². The molecule has 3 rings (SSSR count). The van der Waals surface area contributed by atoms with Crippen LogP contribution in [-0.4, -0.2) is 32.1 Å². The average Bonchev–Trinajstić information content (AvgIpc) is 2.84. The average molecular weight is 495 g/mol. The zero-order valence-corrected chi connectivity index (χ0v) is 19.4. The van der Waals surface area contributed by atoms with Crippen molar-refractivity contribution in [3.05, 3.63) is 120 Å². The lowest BCUT2D eigenvalue weighted by Gasteiger charge is -1.95. The number of benzene rings is 3. The Balaban J connectivity index is 0.000000270. The number of nitrogens with zero attached hydrogens (tertiary/aromatic N) is 3. The van der Waals surface area contributed by atoms with Gasteiger partial charge < -0.3 is 0 Å². The summed E-state index contributed by atoms with van der Waals surface area (Å²) in [7, 11) is 0. The van der Waals surface area contributed by atoms with E-state index in [0.717, 1.165) is 0 Å². The van der Waals surface area contributed by atoms with E-state index >= 15 is 0 Å². The van der Waals surface area contributed by atoms with Crippen LogP contribution in [-0.2, 0) is 0 Å². The number of Topliss-reactive ketones (excluding diaryl/α,β-unsaturated/α-hetero) is 3. The van der Waals surface area contributed by atoms with Crippen molar-refractivity contribution in [3.8, 4) is 0 Å². The van der Waals surface area contributed by atoms with Gasteiger partial charge in [-0.05, 0) is 39.0 Å². The molecular weight excluding hydrogens is 474 g/mol. The Morgan fingerprint density at radius 1 is 0.556 bits per heavy atom. The van der Waals surface area contributed by atoms with E-state index in [-0.39, 0.29) is 40.0 Å². The van der Waals surface area contributed by atoms with Crippen LogP contribution in [0.1, 0.15) is 51.8 Å². The van der Waals surface area contributed by atoms with Crippen molar-refractivity contribution in [1.29, 1.82) is 0 Å². The van der Waals surface area contributed by atoms with E-state index in [4.69, 9.17) is 0 Å². The van der Waals surface area contributed by atoms with Gasteiger partial charge in [-0.25, -0.2) is 0 Å². The molecule has 0 aliphatic rings. The second kappa shape index (κ2) is 13.5. The van der Waals surface area contributed by atoms with Crippen LogP contribution in [0.5, 0.6) is 0 Å². The summed E-state index contributed by atoms with van der Waals surface area (Å²) < 4.78 is 0. The fraction of sp³-hybridized carbons (Fsp3) is 0.125. The van der Waals surface area contributed by atoms with Crippen molar-refractivity contribution < 1.29 is 29.2 Å². The highest BCUT2D eigenvalue weighted by Gasteiger charge is 2.15. The van der Waals surface area contributed by atoms with Gasteiger partial charge in [-0.3, -0.25) is 44.7 Å². The fourth-order valence-corrected chi connectivity index (χ4v) is 2.59. The molecule has 0 aromatic heterocycles. The molecule has 0 aliphatic heterocycles. The first-order valence-corrected chi connectivity index (χ1v) is 10.1. The predicted molar refractivity (Wildman–Crippen MR) is 129 cm³/mol. The molecule has 0 radical (unpaired) electrons. The number of ketones is 3. The third-order valence-electron chi connectivity index (χ3n) is 4.43. The Bertz CT molecular complexity index is 1210. The highest BCUT2D eigenvalue weighted by atomic mass is 16.6. The van der Waals surface area contributed by atoms with Gasteiger partial charge in [-0.1, -0.05) is 24.3 Å². The van der Waals surface area contributed by atoms with Crippen molar-refractivity contribution >= 4 is 34.4 Å². The maximum Gasteiger partial charge on any atom is 0.280 e. The number of para-hydroxylation sites is 1. The molecular formula is C24H21N3O9. The van der Waals surface area contributed by atoms with Crippen molar-refractivity contribution in [3.63, 3.8) is 0 Å². The SMILES string of the molecule is CC(=O)c1ccc([N+](=O)[O-])cc1.CC(=O)c1cccc([N+](=O)[O-])c1.CC(=O)c1ccccc1[N+](=O)[O-]. The third-order valence-corrected chi connectivity index (χ3v) is 4.43. The minimum atomic E-state index is -0.559. The summed E-state index contributed by atoms with van der Waals surface area (Å²) in [4.78, 5) is 61.7. The van der Waals surface area contributed by atoms with E-state index in [1.54, 1.807) is 12.1 Å². The molecule has 3 aromatic carbocycles. The van der Waals surface area contributed by atoms with Gasteiger partial charge >= 0.3 is 0 Å². The summed E-state index contributed by atoms with van der Waals surface area (Å²) in [6, 6.07) is 17.1. The minimum absolute atomic E-state index is 0.000000000000000222. The van der Waals surface area contributed by atoms with E-state index < -0.39 is 14.8 Å². The highest BCUT2D eigenvalue weighted by Crippen LogP contribution is 2.17. The number of hydrogen-bond donors (Lipinski definition) is 0. The predicted octanol–water partition coefficient (Wildman–Crippen LogP) is 5.39. The van der Waals surface area contributed by atoms with Gasteiger partial charge in [0.2, 0.25) is 0 Å². The highest BCUT2D eigenvalue weighted by molar-refractivity contribution is 5.98. The maximum absolute atomic E-state index is 10.9. The van der Waals surface area contributed by atoms with Gasteiger partial charge in [0.15, 0.2) is 17.3 Å². The number of non-ortho nitro benzene ring substituents is 2. The van der Waals surface area contributed by atoms with Gasteiger partial charge in [-0.15, -0.1) is 0 Å². The van der Waals surface area contributed by atoms with Crippen LogP contribution in [0.3, 0.4) is 0 Å². The molecule has 0 saturated carbocycles. The second-order valence-electron chi connectivity index (χ2n) is 7.05. The number of carbonyl (C=O) groups is 3. The lowest BCUT2D eigenvalue weighted by atomic mass is 10.1. The summed E-state index contributed by atoms with van der Waals surface area (Å²) >= 11 is 0. The number of nitro benzene ring substituents is 3. The van der Waals surface area contributed by atoms with Gasteiger partial charge in [0.1, 0.15) is 0 Å². The van der Waals surface area contributed by atoms with Crippen LogP contribution in [0.25, 0.3) is 0 Å². The molecule has 0 heterocycles. The first kappa shape index (κ1) is 28.9. The normalized spacial score (nSPS) is 9.42. The Labute approximate surface area is 204 Å². The monoisotopic (exact) mass is 495 g/mol. The molecule has 12 heteroatoms. The van der Waals surface area contributed by atoms with Crippen molar-refractivity contribution in [2.75, 3.05) is 0 Å². The molecule has 0 saturated heterocycles. The summed E-state index contributed by atoms with van der Waals surface area (Å²) in [5, 5.41) is 30.9. The summed E-state index contributed by atoms with van der Waals surface area (Å²) in [5.74, 6) is -0.550. The van der Waals surface area contributed by atoms with Crippen LogP contribution < -0.4 is 0 Å². The first-order chi connectivity index (χ1) is 16.8. The van der Waals surface area contributed by atoms with Gasteiger partial charge in [0, 0.05) is 41.5 Å². The molecule has 0 unspecified atom stereocenters. The van der Waals surface area contributed by atoms with Crippen LogP contribution >= 0.6 is 0 Å². The molecule has 0 aliphatic carbocycles. The van der Waals surface area contributed by atoms with E-state index in [1.807, 2.05) is 0 Å². The van der Waals surface area contributed by atoms with Gasteiger partial charge in [0.05, 0.1) is 20.3 Å². The largest absolute Gasteiger partial charge is 0.295 e. The molecule has 0 bridgehead atoms. The van der Waals surface area contributed by atoms with E-state index in [0.29, 0.717) is 11.1 Å². The van der Waals surface area contributed by atoms with Crippen molar-refractivity contribution in [2.24, 2.45) is 0 Å². The topological polar surface area (TPSA) is 181 Å². The van der Waals surface area contributed by atoms with Gasteiger partial charge in [0.25, 0.3) is 17.1 Å². The molecule has 0 N–H and O–H groups in total. The lowest BCUT2D eigenvalue weighted by molar-refractivity contribution is -0.385. The molecule has 0 fully saturated rings. The zero-order valence-electron chi connectivity index (χ0n) is 19.4. The fourth-order valence-electron chi connectivity index (χ4n) is 2.59. The van der Waals surface area contributed by atoms with E-state index in [2.05, 4.69) is 0 Å². The summed E-state index contributed by atoms with van der Waals surface area (Å²) in [6.07, 6.45) is 0. The first-order valence-electron chi connectivity index (χ1n) is 10.1. The third kappa shape index (κ3) is 9.02. The molecule has 0 atom stereocenters. The van der Waals surface area contributed by atoms with Gasteiger partial charge in [-0.2, -0.15) is 0 Å². The number of carbonyl (C=O) groups excluding carboxylic acids is 3. The van der Waals surface area contributed by atoms with Crippen molar-refractivity contribution in [2.45, 2.75) is 20.8 Å². The molecule has 0 spiro atoms. The summed E-state index contributed by atoms with van der Waals surface area (Å²) in [5.41, 5.74) is 0.819. The number of nitro groups is 3. The Morgan fingerprint density at radius 2 is 1.08 bits per heavy atom. The van der Waals surface area contributed by atoms with Crippen LogP contribution in [0.15, 0.2) is 72.8 Å². The zero-order chi connectivity index (χ0) is 27.4. The molecule has 3 aromatic rings. The Morgan fingerprint density at radius 3 is 1.50 bits per heavy atom.